The Morgan fingerprint density at radius 2 is 1.76 bits per heavy atom. The predicted octanol–water partition coefficient (Wildman–Crippen LogP) is 2.15. The first-order valence-corrected chi connectivity index (χ1v) is 12.1. The first kappa shape index (κ1) is 25.1. The Bertz CT molecular complexity index is 833. The van der Waals surface area contributed by atoms with E-state index in [9.17, 15) is 9.59 Å². The second kappa shape index (κ2) is 11.0. The first-order chi connectivity index (χ1) is 15.7. The van der Waals surface area contributed by atoms with Crippen molar-refractivity contribution in [3.63, 3.8) is 0 Å². The molecule has 2 unspecified atom stereocenters. The normalized spacial score (nSPS) is 20.8. The number of benzene rings is 1. The quantitative estimate of drug-likeness (QED) is 0.316. The van der Waals surface area contributed by atoms with Gasteiger partial charge in [-0.1, -0.05) is 52.2 Å². The van der Waals surface area contributed by atoms with Crippen LogP contribution in [0, 0.1) is 0 Å². The maximum absolute atomic E-state index is 13.7. The smallest absolute Gasteiger partial charge is 0.249 e. The number of anilines is 1. The molecule has 1 heterocycles. The molecule has 2 amide bonds. The zero-order chi connectivity index (χ0) is 24.0. The molecule has 1 saturated carbocycles. The molecule has 3 rings (SSSR count). The van der Waals surface area contributed by atoms with Gasteiger partial charge in [0.05, 0.1) is 11.7 Å². The average Bonchev–Trinajstić information content (AvgIpc) is 3.32. The van der Waals surface area contributed by atoms with Gasteiger partial charge in [-0.15, -0.1) is 0 Å². The Balaban J connectivity index is 1.99. The Morgan fingerprint density at radius 1 is 1.09 bits per heavy atom. The number of amides is 2. The number of hydrogen-bond donors (Lipinski definition) is 5. The van der Waals surface area contributed by atoms with Crippen LogP contribution in [-0.4, -0.2) is 36.5 Å². The summed E-state index contributed by atoms with van der Waals surface area (Å²) in [6.07, 6.45) is 8.28. The topological polar surface area (TPSA) is 126 Å². The Morgan fingerprint density at radius 3 is 2.30 bits per heavy atom. The van der Waals surface area contributed by atoms with E-state index in [2.05, 4.69) is 36.8 Å². The van der Waals surface area contributed by atoms with Crippen molar-refractivity contribution < 1.29 is 9.59 Å². The van der Waals surface area contributed by atoms with Crippen molar-refractivity contribution >= 4 is 17.5 Å². The van der Waals surface area contributed by atoms with Gasteiger partial charge < -0.3 is 21.8 Å². The molecule has 0 radical (unpaired) electrons. The summed E-state index contributed by atoms with van der Waals surface area (Å²) < 4.78 is 0. The molecule has 2 fully saturated rings. The molecule has 0 bridgehead atoms. The van der Waals surface area contributed by atoms with E-state index in [1.807, 2.05) is 24.3 Å². The van der Waals surface area contributed by atoms with Crippen LogP contribution in [0.5, 0.6) is 0 Å². The number of carbonyl (C=O) groups excluding carboxylic acids is 2. The summed E-state index contributed by atoms with van der Waals surface area (Å²) >= 11 is 0. The molecule has 7 N–H and O–H groups in total. The summed E-state index contributed by atoms with van der Waals surface area (Å²) in [4.78, 5) is 28.8. The predicted molar refractivity (Wildman–Crippen MR) is 132 cm³/mol. The van der Waals surface area contributed by atoms with Gasteiger partial charge in [0, 0.05) is 17.9 Å². The number of nitrogens with two attached hydrogens (primary N) is 2. The molecule has 8 nitrogen and oxygen atoms in total. The fraction of sp³-hybridized carbons (Fsp3) is 0.600. The van der Waals surface area contributed by atoms with E-state index in [1.165, 1.54) is 17.5 Å². The summed E-state index contributed by atoms with van der Waals surface area (Å²) in [6.45, 7) is 7.20. The highest BCUT2D eigenvalue weighted by molar-refractivity contribution is 6.04. The van der Waals surface area contributed by atoms with Gasteiger partial charge in [0.2, 0.25) is 11.8 Å². The molecule has 8 heteroatoms. The van der Waals surface area contributed by atoms with Crippen molar-refractivity contribution in [3.05, 3.63) is 41.7 Å². The second-order valence-corrected chi connectivity index (χ2v) is 10.2. The fourth-order valence-electron chi connectivity index (χ4n) is 4.71. The van der Waals surface area contributed by atoms with Crippen LogP contribution in [0.15, 0.2) is 36.2 Å². The minimum atomic E-state index is -1.00. The number of nitrogens with one attached hydrogen (secondary N) is 3. The summed E-state index contributed by atoms with van der Waals surface area (Å²) in [7, 11) is 0. The first-order valence-electron chi connectivity index (χ1n) is 12.1. The second-order valence-electron chi connectivity index (χ2n) is 10.2. The third-order valence-electron chi connectivity index (χ3n) is 6.63. The van der Waals surface area contributed by atoms with E-state index < -0.39 is 6.04 Å². The van der Waals surface area contributed by atoms with Crippen LogP contribution >= 0.6 is 0 Å². The molecule has 1 aromatic rings. The largest absolute Gasteiger partial charge is 0.399 e. The SMILES string of the molecule is CC(C)(C)c1ccc(N(C(=O)C2CCCN2)C(C(=O)NC2CCCCC2)/C(N)=C/NN)cc1. The van der Waals surface area contributed by atoms with E-state index in [1.54, 1.807) is 0 Å². The standard InChI is InChI=1S/C25H40N6O2/c1-25(2,3)17-11-13-19(14-12-17)31(24(33)21-10-7-15-28-21)22(20(26)16-29-27)23(32)30-18-8-5-4-6-9-18/h11-14,16,18,21-22,28-29H,4-10,15,26-27H2,1-3H3,(H,30,32)/b20-16-. The Kier molecular flexibility index (Phi) is 8.37. The Labute approximate surface area is 197 Å². The van der Waals surface area contributed by atoms with Crippen molar-refractivity contribution in [2.24, 2.45) is 11.6 Å². The van der Waals surface area contributed by atoms with Gasteiger partial charge in [-0.05, 0) is 55.3 Å². The van der Waals surface area contributed by atoms with Gasteiger partial charge in [-0.2, -0.15) is 0 Å². The lowest BCUT2D eigenvalue weighted by Crippen LogP contribution is -2.58. The molecule has 182 valence electrons. The molecular formula is C25H40N6O2. The van der Waals surface area contributed by atoms with Crippen molar-refractivity contribution in [3.8, 4) is 0 Å². The number of hydrazine groups is 1. The molecule has 0 aromatic heterocycles. The Hall–Kier alpha value is -2.58. The minimum absolute atomic E-state index is 0.0272. The molecule has 33 heavy (non-hydrogen) atoms. The third-order valence-corrected chi connectivity index (χ3v) is 6.63. The van der Waals surface area contributed by atoms with Gasteiger partial charge in [0.15, 0.2) is 6.04 Å². The summed E-state index contributed by atoms with van der Waals surface area (Å²) in [5.41, 5.74) is 10.7. The van der Waals surface area contributed by atoms with Crippen molar-refractivity contribution in [1.82, 2.24) is 16.1 Å². The molecular weight excluding hydrogens is 416 g/mol. The number of carbonyl (C=O) groups is 2. The molecule has 1 saturated heterocycles. The van der Waals surface area contributed by atoms with Crippen molar-refractivity contribution in [2.75, 3.05) is 11.4 Å². The third kappa shape index (κ3) is 6.26. The highest BCUT2D eigenvalue weighted by Gasteiger charge is 2.38. The molecule has 1 aromatic carbocycles. The highest BCUT2D eigenvalue weighted by atomic mass is 16.2. The number of nitrogens with zero attached hydrogens (tertiary/aromatic N) is 1. The summed E-state index contributed by atoms with van der Waals surface area (Å²) in [5, 5.41) is 6.41. The monoisotopic (exact) mass is 456 g/mol. The summed E-state index contributed by atoms with van der Waals surface area (Å²) in [6, 6.07) is 6.56. The van der Waals surface area contributed by atoms with Crippen LogP contribution < -0.4 is 32.5 Å². The zero-order valence-electron chi connectivity index (χ0n) is 20.2. The van der Waals surface area contributed by atoms with Crippen LogP contribution in [0.3, 0.4) is 0 Å². The maximum Gasteiger partial charge on any atom is 0.249 e. The lowest BCUT2D eigenvalue weighted by molar-refractivity contribution is -0.127. The summed E-state index contributed by atoms with van der Waals surface area (Å²) in [5.74, 6) is 5.06. The van der Waals surface area contributed by atoms with Gasteiger partial charge in [-0.3, -0.25) is 20.3 Å². The van der Waals surface area contributed by atoms with Crippen LogP contribution in [0.2, 0.25) is 0 Å². The van der Waals surface area contributed by atoms with Crippen molar-refractivity contribution in [1.29, 1.82) is 0 Å². The number of hydrogen-bond acceptors (Lipinski definition) is 6. The van der Waals surface area contributed by atoms with Gasteiger partial charge in [0.25, 0.3) is 0 Å². The van der Waals surface area contributed by atoms with Crippen LogP contribution in [-0.2, 0) is 15.0 Å². The minimum Gasteiger partial charge on any atom is -0.399 e. The van der Waals surface area contributed by atoms with Gasteiger partial charge in [-0.25, -0.2) is 0 Å². The number of rotatable bonds is 7. The molecule has 1 aliphatic heterocycles. The lowest BCUT2D eigenvalue weighted by Gasteiger charge is -2.35. The highest BCUT2D eigenvalue weighted by Crippen LogP contribution is 2.28. The fourth-order valence-corrected chi connectivity index (χ4v) is 4.71. The van der Waals surface area contributed by atoms with Crippen molar-refractivity contribution in [2.45, 2.75) is 89.3 Å². The van der Waals surface area contributed by atoms with E-state index in [-0.39, 0.29) is 35.0 Å². The molecule has 2 atom stereocenters. The molecule has 2 aliphatic rings. The van der Waals surface area contributed by atoms with E-state index in [0.717, 1.165) is 50.6 Å². The van der Waals surface area contributed by atoms with E-state index in [4.69, 9.17) is 11.6 Å². The van der Waals surface area contributed by atoms with Gasteiger partial charge in [0.1, 0.15) is 0 Å². The molecule has 1 aliphatic carbocycles. The van der Waals surface area contributed by atoms with E-state index in [0.29, 0.717) is 5.69 Å². The van der Waals surface area contributed by atoms with Gasteiger partial charge >= 0.3 is 0 Å². The lowest BCUT2D eigenvalue weighted by atomic mass is 9.87. The molecule has 0 spiro atoms. The maximum atomic E-state index is 13.7. The zero-order valence-corrected chi connectivity index (χ0v) is 20.2. The average molecular weight is 457 g/mol. The van der Waals surface area contributed by atoms with Crippen LogP contribution in [0.1, 0.15) is 71.3 Å². The van der Waals surface area contributed by atoms with E-state index >= 15 is 0 Å². The van der Waals surface area contributed by atoms with Crippen LogP contribution in [0.25, 0.3) is 0 Å². The van der Waals surface area contributed by atoms with Crippen LogP contribution in [0.4, 0.5) is 5.69 Å².